The first-order valence-electron chi connectivity index (χ1n) is 9.12. The third kappa shape index (κ3) is 3.40. The van der Waals surface area contributed by atoms with Gasteiger partial charge in [-0.05, 0) is 31.9 Å². The molecule has 1 aromatic carbocycles. The molecule has 3 aromatic rings. The Balaban J connectivity index is 1.44. The number of likely N-dealkylation sites (tertiary alicyclic amines) is 1. The molecule has 3 heterocycles. The topological polar surface area (TPSA) is 101 Å². The molecule has 4 rings (SSSR count). The van der Waals surface area contributed by atoms with Crippen molar-refractivity contribution in [2.45, 2.75) is 25.8 Å². The van der Waals surface area contributed by atoms with E-state index in [9.17, 15) is 9.59 Å². The second-order valence-electron chi connectivity index (χ2n) is 6.83. The second-order valence-corrected chi connectivity index (χ2v) is 6.83. The average molecular weight is 380 g/mol. The first kappa shape index (κ1) is 18.0. The summed E-state index contributed by atoms with van der Waals surface area (Å²) in [5.41, 5.74) is 1.34. The van der Waals surface area contributed by atoms with E-state index in [1.54, 1.807) is 22.7 Å². The highest BCUT2D eigenvalue weighted by molar-refractivity contribution is 5.93. The van der Waals surface area contributed by atoms with E-state index in [0.717, 1.165) is 5.56 Å². The summed E-state index contributed by atoms with van der Waals surface area (Å²) >= 11 is 0. The van der Waals surface area contributed by atoms with Crippen LogP contribution in [0, 0.1) is 6.92 Å². The van der Waals surface area contributed by atoms with Crippen LogP contribution in [0.15, 0.2) is 47.1 Å². The van der Waals surface area contributed by atoms with Crippen molar-refractivity contribution in [1.82, 2.24) is 19.7 Å². The van der Waals surface area contributed by atoms with Gasteiger partial charge in [-0.25, -0.2) is 9.78 Å². The normalized spacial score (nSPS) is 15.0. The van der Waals surface area contributed by atoms with E-state index in [4.69, 9.17) is 9.52 Å². The number of carboxylic acids is 1. The molecular weight excluding hydrogens is 360 g/mol. The molecule has 8 heteroatoms. The maximum Gasteiger partial charge on any atom is 0.338 e. The number of piperidine rings is 1. The summed E-state index contributed by atoms with van der Waals surface area (Å²) < 4.78 is 7.38. The summed E-state index contributed by atoms with van der Waals surface area (Å²) in [6.45, 7) is 2.86. The van der Waals surface area contributed by atoms with Crippen LogP contribution < -0.4 is 0 Å². The highest BCUT2D eigenvalue weighted by atomic mass is 16.4. The number of hydrogen-bond donors (Lipinski definition) is 1. The Morgan fingerprint density at radius 1 is 1.18 bits per heavy atom. The molecule has 8 nitrogen and oxygen atoms in total. The Hall–Kier alpha value is -3.42. The van der Waals surface area contributed by atoms with Gasteiger partial charge in [-0.15, -0.1) is 0 Å². The molecule has 0 saturated carbocycles. The lowest BCUT2D eigenvalue weighted by Gasteiger charge is -2.31. The van der Waals surface area contributed by atoms with Crippen LogP contribution in [0.4, 0.5) is 0 Å². The highest BCUT2D eigenvalue weighted by Crippen LogP contribution is 2.26. The van der Waals surface area contributed by atoms with Crippen LogP contribution in [0.5, 0.6) is 0 Å². The lowest BCUT2D eigenvalue weighted by Crippen LogP contribution is -2.39. The van der Waals surface area contributed by atoms with Crippen LogP contribution in [0.3, 0.4) is 0 Å². The molecule has 0 aliphatic carbocycles. The first-order chi connectivity index (χ1) is 13.5. The third-order valence-electron chi connectivity index (χ3n) is 4.99. The van der Waals surface area contributed by atoms with Crippen molar-refractivity contribution in [3.8, 4) is 11.5 Å². The third-order valence-corrected chi connectivity index (χ3v) is 4.99. The Morgan fingerprint density at radius 2 is 1.89 bits per heavy atom. The number of aromatic nitrogens is 3. The number of nitrogens with zero attached hydrogens (tertiary/aromatic N) is 4. The highest BCUT2D eigenvalue weighted by Gasteiger charge is 2.28. The minimum Gasteiger partial charge on any atom is -0.478 e. The number of oxazole rings is 1. The van der Waals surface area contributed by atoms with Crippen molar-refractivity contribution in [1.29, 1.82) is 0 Å². The summed E-state index contributed by atoms with van der Waals surface area (Å²) in [4.78, 5) is 30.1. The molecular formula is C20H20N4O4. The van der Waals surface area contributed by atoms with Gasteiger partial charge in [0, 0.05) is 24.8 Å². The van der Waals surface area contributed by atoms with Crippen LogP contribution in [0.1, 0.15) is 45.5 Å². The summed E-state index contributed by atoms with van der Waals surface area (Å²) in [6, 6.07) is 9.56. The Bertz CT molecular complexity index is 1000. The molecule has 2 aromatic heterocycles. The maximum absolute atomic E-state index is 12.9. The summed E-state index contributed by atoms with van der Waals surface area (Å²) in [5, 5.41) is 13.2. The standard InChI is InChI=1S/C20H20N4O4/c1-13-17(22-18(28-13)14-5-3-2-4-6-14)19(25)23-9-7-16(8-10-23)24-12-15(11-21-24)20(26)27/h2-6,11-12,16H,7-10H2,1H3,(H,26,27). The fourth-order valence-corrected chi connectivity index (χ4v) is 3.43. The van der Waals surface area contributed by atoms with E-state index in [1.165, 1.54) is 6.20 Å². The molecule has 1 aliphatic heterocycles. The van der Waals surface area contributed by atoms with Gasteiger partial charge in [0.25, 0.3) is 5.91 Å². The molecule has 0 atom stereocenters. The van der Waals surface area contributed by atoms with Crippen molar-refractivity contribution in [3.63, 3.8) is 0 Å². The van der Waals surface area contributed by atoms with Gasteiger partial charge < -0.3 is 14.4 Å². The average Bonchev–Trinajstić information content (AvgIpc) is 3.36. The van der Waals surface area contributed by atoms with Crippen LogP contribution in [0.2, 0.25) is 0 Å². The van der Waals surface area contributed by atoms with Crippen LogP contribution >= 0.6 is 0 Å². The molecule has 0 bridgehead atoms. The largest absolute Gasteiger partial charge is 0.478 e. The number of amides is 1. The van der Waals surface area contributed by atoms with Gasteiger partial charge in [-0.3, -0.25) is 9.48 Å². The SMILES string of the molecule is Cc1oc(-c2ccccc2)nc1C(=O)N1CCC(n2cc(C(=O)O)cn2)CC1. The zero-order valence-electron chi connectivity index (χ0n) is 15.4. The molecule has 1 N–H and O–H groups in total. The molecule has 144 valence electrons. The van der Waals surface area contributed by atoms with Crippen LogP contribution in [-0.4, -0.2) is 49.7 Å². The molecule has 0 radical (unpaired) electrons. The Morgan fingerprint density at radius 3 is 2.54 bits per heavy atom. The van der Waals surface area contributed by atoms with Gasteiger partial charge in [0.05, 0.1) is 17.8 Å². The number of aryl methyl sites for hydroxylation is 1. The Labute approximate surface area is 161 Å². The van der Waals surface area contributed by atoms with Crippen molar-refractivity contribution in [3.05, 3.63) is 59.7 Å². The van der Waals surface area contributed by atoms with Crippen molar-refractivity contribution in [2.75, 3.05) is 13.1 Å². The minimum absolute atomic E-state index is 0.0791. The van der Waals surface area contributed by atoms with E-state index in [0.29, 0.717) is 43.3 Å². The summed E-state index contributed by atoms with van der Waals surface area (Å²) in [5.74, 6) is -0.193. The molecule has 0 spiro atoms. The van der Waals surface area contributed by atoms with Crippen LogP contribution in [0.25, 0.3) is 11.5 Å². The van der Waals surface area contributed by atoms with Gasteiger partial charge >= 0.3 is 5.97 Å². The monoisotopic (exact) mass is 380 g/mol. The number of benzene rings is 1. The molecule has 1 fully saturated rings. The fraction of sp³-hybridized carbons (Fsp3) is 0.300. The van der Waals surface area contributed by atoms with Crippen molar-refractivity contribution >= 4 is 11.9 Å². The predicted octanol–water partition coefficient (Wildman–Crippen LogP) is 3.02. The van der Waals surface area contributed by atoms with Gasteiger partial charge in [0.15, 0.2) is 5.69 Å². The van der Waals surface area contributed by atoms with Crippen LogP contribution in [-0.2, 0) is 0 Å². The molecule has 1 saturated heterocycles. The lowest BCUT2D eigenvalue weighted by molar-refractivity contribution is 0.0682. The van der Waals surface area contributed by atoms with E-state index < -0.39 is 5.97 Å². The Kier molecular flexibility index (Phi) is 4.68. The van der Waals surface area contributed by atoms with E-state index >= 15 is 0 Å². The van der Waals surface area contributed by atoms with E-state index in [-0.39, 0.29) is 17.5 Å². The van der Waals surface area contributed by atoms with E-state index in [2.05, 4.69) is 10.1 Å². The zero-order chi connectivity index (χ0) is 19.7. The zero-order valence-corrected chi connectivity index (χ0v) is 15.4. The van der Waals surface area contributed by atoms with Gasteiger partial charge in [-0.1, -0.05) is 18.2 Å². The van der Waals surface area contributed by atoms with Gasteiger partial charge in [0.1, 0.15) is 5.76 Å². The predicted molar refractivity (Wildman–Crippen MR) is 100 cm³/mol. The lowest BCUT2D eigenvalue weighted by atomic mass is 10.0. The number of rotatable bonds is 4. The van der Waals surface area contributed by atoms with Gasteiger partial charge in [-0.2, -0.15) is 5.10 Å². The fourth-order valence-electron chi connectivity index (χ4n) is 3.43. The minimum atomic E-state index is -0.991. The number of carbonyl (C=O) groups excluding carboxylic acids is 1. The van der Waals surface area contributed by atoms with Crippen molar-refractivity contribution < 1.29 is 19.1 Å². The second kappa shape index (κ2) is 7.30. The quantitative estimate of drug-likeness (QED) is 0.746. The van der Waals surface area contributed by atoms with Gasteiger partial charge in [0.2, 0.25) is 5.89 Å². The number of carboxylic acid groups (broad SMARTS) is 1. The van der Waals surface area contributed by atoms with Crippen molar-refractivity contribution in [2.24, 2.45) is 0 Å². The first-order valence-corrected chi connectivity index (χ1v) is 9.12. The maximum atomic E-state index is 12.9. The number of carbonyl (C=O) groups is 2. The molecule has 1 amide bonds. The summed E-state index contributed by atoms with van der Waals surface area (Å²) in [6.07, 6.45) is 4.30. The summed E-state index contributed by atoms with van der Waals surface area (Å²) in [7, 11) is 0. The molecule has 0 unspecified atom stereocenters. The number of hydrogen-bond acceptors (Lipinski definition) is 5. The molecule has 28 heavy (non-hydrogen) atoms. The smallest absolute Gasteiger partial charge is 0.338 e. The molecule has 1 aliphatic rings. The number of aromatic carboxylic acids is 1. The van der Waals surface area contributed by atoms with E-state index in [1.807, 2.05) is 30.3 Å².